The van der Waals surface area contributed by atoms with E-state index < -0.39 is 31.9 Å². The van der Waals surface area contributed by atoms with Gasteiger partial charge in [-0.15, -0.1) is 0 Å². The first-order valence-electron chi connectivity index (χ1n) is 5.86. The summed E-state index contributed by atoms with van der Waals surface area (Å²) in [6, 6.07) is 2.56. The number of aromatic carboxylic acids is 1. The molecular weight excluding hydrogens is 342 g/mol. The molecule has 0 aromatic heterocycles. The monoisotopic (exact) mass is 353 g/mol. The second kappa shape index (κ2) is 5.56. The number of sulfone groups is 1. The van der Waals surface area contributed by atoms with Gasteiger partial charge in [-0.05, 0) is 24.6 Å². The Hall–Kier alpha value is -1.16. The molecule has 7 nitrogen and oxygen atoms in total. The summed E-state index contributed by atoms with van der Waals surface area (Å²) in [5.41, 5.74) is -0.223. The summed E-state index contributed by atoms with van der Waals surface area (Å²) < 4.78 is 49.3. The van der Waals surface area contributed by atoms with Crippen molar-refractivity contribution in [2.75, 3.05) is 11.5 Å². The maximum atomic E-state index is 12.2. The van der Waals surface area contributed by atoms with Gasteiger partial charge in [-0.2, -0.15) is 0 Å². The van der Waals surface area contributed by atoms with Crippen LogP contribution in [0.4, 0.5) is 0 Å². The van der Waals surface area contributed by atoms with E-state index in [2.05, 4.69) is 4.72 Å². The van der Waals surface area contributed by atoms with Crippen LogP contribution in [0.25, 0.3) is 0 Å². The van der Waals surface area contributed by atoms with Gasteiger partial charge in [-0.25, -0.2) is 26.4 Å². The molecule has 1 atom stereocenters. The molecule has 1 aromatic rings. The molecule has 2 N–H and O–H groups in total. The molecule has 2 rings (SSSR count). The number of halogens is 1. The van der Waals surface area contributed by atoms with Crippen LogP contribution in [0.1, 0.15) is 16.8 Å². The quantitative estimate of drug-likeness (QED) is 0.814. The Balaban J connectivity index is 2.32. The van der Waals surface area contributed by atoms with Crippen LogP contribution >= 0.6 is 11.6 Å². The number of rotatable bonds is 4. The summed E-state index contributed by atoms with van der Waals surface area (Å²) in [6.45, 7) is 0. The number of benzene rings is 1. The molecule has 0 bridgehead atoms. The highest BCUT2D eigenvalue weighted by Crippen LogP contribution is 2.24. The summed E-state index contributed by atoms with van der Waals surface area (Å²) in [6.07, 6.45) is 0.178. The maximum absolute atomic E-state index is 12.2. The topological polar surface area (TPSA) is 118 Å². The zero-order chi connectivity index (χ0) is 15.8. The highest BCUT2D eigenvalue weighted by molar-refractivity contribution is 7.92. The van der Waals surface area contributed by atoms with E-state index >= 15 is 0 Å². The lowest BCUT2D eigenvalue weighted by Crippen LogP contribution is -2.35. The summed E-state index contributed by atoms with van der Waals surface area (Å²) in [5.74, 6) is -1.64. The third-order valence-electron chi connectivity index (χ3n) is 3.02. The first-order valence-corrected chi connectivity index (χ1v) is 9.54. The first-order chi connectivity index (χ1) is 9.61. The number of nitrogens with one attached hydrogen (secondary N) is 1. The number of carboxylic acid groups (broad SMARTS) is 1. The molecular formula is C11H12ClNO6S2. The lowest BCUT2D eigenvalue weighted by molar-refractivity contribution is 0.0696. The fraction of sp³-hybridized carbons (Fsp3) is 0.364. The molecule has 10 heteroatoms. The first kappa shape index (κ1) is 16.2. The molecule has 21 heavy (non-hydrogen) atoms. The molecule has 1 aliphatic rings. The van der Waals surface area contributed by atoms with Crippen molar-refractivity contribution in [1.82, 2.24) is 4.72 Å². The average molecular weight is 354 g/mol. The molecule has 0 amide bonds. The van der Waals surface area contributed by atoms with Crippen LogP contribution in [0.15, 0.2) is 23.1 Å². The van der Waals surface area contributed by atoms with Crippen LogP contribution in [-0.4, -0.2) is 45.5 Å². The van der Waals surface area contributed by atoms with Crippen molar-refractivity contribution in [1.29, 1.82) is 0 Å². The normalized spacial score (nSPS) is 21.3. The van der Waals surface area contributed by atoms with Crippen molar-refractivity contribution >= 4 is 37.4 Å². The minimum atomic E-state index is -4.09. The Bertz CT molecular complexity index is 787. The lowest BCUT2D eigenvalue weighted by Gasteiger charge is -2.13. The van der Waals surface area contributed by atoms with E-state index in [4.69, 9.17) is 16.7 Å². The van der Waals surface area contributed by atoms with Gasteiger partial charge in [0.05, 0.1) is 22.1 Å². The second-order valence-corrected chi connectivity index (χ2v) is 8.99. The van der Waals surface area contributed by atoms with Crippen LogP contribution in [0, 0.1) is 0 Å². The number of carboxylic acids is 1. The Morgan fingerprint density at radius 2 is 2.05 bits per heavy atom. The van der Waals surface area contributed by atoms with Crippen molar-refractivity contribution in [2.45, 2.75) is 17.4 Å². The lowest BCUT2D eigenvalue weighted by atomic mass is 10.2. The fourth-order valence-corrected chi connectivity index (χ4v) is 5.59. The van der Waals surface area contributed by atoms with E-state index in [9.17, 15) is 21.6 Å². The van der Waals surface area contributed by atoms with Crippen molar-refractivity contribution in [3.05, 3.63) is 28.8 Å². The molecule has 1 saturated heterocycles. The Morgan fingerprint density at radius 3 is 2.57 bits per heavy atom. The summed E-state index contributed by atoms with van der Waals surface area (Å²) in [4.78, 5) is 10.5. The van der Waals surface area contributed by atoms with Gasteiger partial charge in [-0.3, -0.25) is 0 Å². The van der Waals surface area contributed by atoms with Crippen molar-refractivity contribution in [3.63, 3.8) is 0 Å². The Morgan fingerprint density at radius 1 is 1.38 bits per heavy atom. The fourth-order valence-electron chi connectivity index (χ4n) is 2.01. The summed E-state index contributed by atoms with van der Waals surface area (Å²) in [5, 5.41) is 8.75. The summed E-state index contributed by atoms with van der Waals surface area (Å²) >= 11 is 5.80. The summed E-state index contributed by atoms with van der Waals surface area (Å²) in [7, 11) is -7.33. The largest absolute Gasteiger partial charge is 0.478 e. The van der Waals surface area contributed by atoms with Crippen LogP contribution in [0.3, 0.4) is 0 Å². The molecule has 0 spiro atoms. The third kappa shape index (κ3) is 3.73. The van der Waals surface area contributed by atoms with Gasteiger partial charge in [0.2, 0.25) is 10.0 Å². The highest BCUT2D eigenvalue weighted by atomic mass is 35.5. The van der Waals surface area contributed by atoms with Crippen molar-refractivity contribution in [2.24, 2.45) is 0 Å². The minimum absolute atomic E-state index is 0.0803. The molecule has 1 fully saturated rings. The Kier molecular flexibility index (Phi) is 4.29. The number of hydrogen-bond donors (Lipinski definition) is 2. The van der Waals surface area contributed by atoms with Crippen LogP contribution < -0.4 is 4.72 Å². The smallest absolute Gasteiger partial charge is 0.335 e. The molecule has 1 heterocycles. The molecule has 0 unspecified atom stereocenters. The molecule has 0 radical (unpaired) electrons. The SMILES string of the molecule is O=C(O)c1ccc(Cl)c(S(=O)(=O)N[C@@H]2CCS(=O)(=O)C2)c1. The molecule has 116 valence electrons. The van der Waals surface area contributed by atoms with Crippen LogP contribution in [0.2, 0.25) is 5.02 Å². The van der Waals surface area contributed by atoms with Crippen molar-refractivity contribution in [3.8, 4) is 0 Å². The minimum Gasteiger partial charge on any atom is -0.478 e. The van der Waals surface area contributed by atoms with E-state index in [-0.39, 0.29) is 33.4 Å². The number of sulfonamides is 1. The van der Waals surface area contributed by atoms with Gasteiger partial charge in [0.25, 0.3) is 0 Å². The zero-order valence-corrected chi connectivity index (χ0v) is 13.0. The average Bonchev–Trinajstić information content (AvgIpc) is 2.67. The second-order valence-electron chi connectivity index (χ2n) is 4.67. The van der Waals surface area contributed by atoms with Crippen molar-refractivity contribution < 1.29 is 26.7 Å². The van der Waals surface area contributed by atoms with Gasteiger partial charge in [0.1, 0.15) is 4.90 Å². The Labute approximate surface area is 126 Å². The molecule has 0 aliphatic carbocycles. The standard InChI is InChI=1S/C11H12ClNO6S2/c12-9-2-1-7(11(14)15)5-10(9)21(18,19)13-8-3-4-20(16,17)6-8/h1-2,5,8,13H,3-4,6H2,(H,14,15)/t8-/m1/s1. The van der Waals surface area contributed by atoms with Crippen LogP contribution in [0.5, 0.6) is 0 Å². The van der Waals surface area contributed by atoms with E-state index in [1.54, 1.807) is 0 Å². The number of hydrogen-bond acceptors (Lipinski definition) is 5. The zero-order valence-electron chi connectivity index (χ0n) is 10.6. The van der Waals surface area contributed by atoms with Gasteiger partial charge in [0, 0.05) is 6.04 Å². The van der Waals surface area contributed by atoms with E-state index in [0.29, 0.717) is 0 Å². The van der Waals surface area contributed by atoms with Gasteiger partial charge in [-0.1, -0.05) is 11.6 Å². The van der Waals surface area contributed by atoms with E-state index in [0.717, 1.165) is 6.07 Å². The number of carbonyl (C=O) groups is 1. The predicted molar refractivity (Wildman–Crippen MR) is 75.8 cm³/mol. The molecule has 1 aliphatic heterocycles. The maximum Gasteiger partial charge on any atom is 0.335 e. The highest BCUT2D eigenvalue weighted by Gasteiger charge is 2.32. The molecule has 0 saturated carbocycles. The van der Waals surface area contributed by atoms with Crippen LogP contribution in [-0.2, 0) is 19.9 Å². The van der Waals surface area contributed by atoms with Gasteiger partial charge >= 0.3 is 5.97 Å². The van der Waals surface area contributed by atoms with Gasteiger partial charge in [0.15, 0.2) is 9.84 Å². The van der Waals surface area contributed by atoms with E-state index in [1.165, 1.54) is 12.1 Å². The van der Waals surface area contributed by atoms with E-state index in [1.807, 2.05) is 0 Å². The predicted octanol–water partition coefficient (Wildman–Crippen LogP) is 0.504. The van der Waals surface area contributed by atoms with Gasteiger partial charge < -0.3 is 5.11 Å². The third-order valence-corrected chi connectivity index (χ3v) is 6.79. The molecule has 1 aromatic carbocycles.